The summed E-state index contributed by atoms with van der Waals surface area (Å²) in [6, 6.07) is 3.31. The highest BCUT2D eigenvalue weighted by molar-refractivity contribution is 7.15. The minimum Gasteiger partial charge on any atom is -0.310 e. The highest BCUT2D eigenvalue weighted by Gasteiger charge is 2.22. The summed E-state index contributed by atoms with van der Waals surface area (Å²) in [7, 11) is 0. The maximum atomic E-state index is 12.3. The normalized spacial score (nSPS) is 14.9. The van der Waals surface area contributed by atoms with Crippen molar-refractivity contribution in [2.24, 2.45) is 0 Å². The van der Waals surface area contributed by atoms with Crippen molar-refractivity contribution in [3.63, 3.8) is 0 Å². The predicted octanol–water partition coefficient (Wildman–Crippen LogP) is 2.42. The van der Waals surface area contributed by atoms with Crippen LogP contribution >= 0.6 is 11.3 Å². The summed E-state index contributed by atoms with van der Waals surface area (Å²) in [4.78, 5) is 33.1. The summed E-state index contributed by atoms with van der Waals surface area (Å²) < 4.78 is 0. The van der Waals surface area contributed by atoms with Crippen LogP contribution in [0.3, 0.4) is 0 Å². The Morgan fingerprint density at radius 3 is 2.91 bits per heavy atom. The molecule has 1 aliphatic heterocycles. The van der Waals surface area contributed by atoms with E-state index in [1.165, 1.54) is 17.4 Å². The minimum absolute atomic E-state index is 0.0689. The molecule has 3 heterocycles. The summed E-state index contributed by atoms with van der Waals surface area (Å²) in [5.41, 5.74) is 1.53. The first-order valence-corrected chi connectivity index (χ1v) is 8.33. The largest absolute Gasteiger partial charge is 0.324 e. The summed E-state index contributed by atoms with van der Waals surface area (Å²) >= 11 is 1.18. The fourth-order valence-electron chi connectivity index (χ4n) is 2.68. The average Bonchev–Trinajstić information content (AvgIpc) is 2.96. The number of fused-ring (bicyclic) bond motifs is 1. The van der Waals surface area contributed by atoms with Crippen LogP contribution in [-0.4, -0.2) is 26.3 Å². The van der Waals surface area contributed by atoms with Crippen LogP contribution in [0.5, 0.6) is 0 Å². The van der Waals surface area contributed by atoms with Gasteiger partial charge in [-0.05, 0) is 6.07 Å². The second-order valence-corrected chi connectivity index (χ2v) is 7.14. The fraction of sp³-hybridized carbons (Fsp3) is 0.467. The van der Waals surface area contributed by atoms with E-state index in [0.29, 0.717) is 18.7 Å². The van der Waals surface area contributed by atoms with E-state index in [-0.39, 0.29) is 21.4 Å². The van der Waals surface area contributed by atoms with Gasteiger partial charge >= 0.3 is 5.00 Å². The van der Waals surface area contributed by atoms with E-state index in [4.69, 9.17) is 0 Å². The van der Waals surface area contributed by atoms with Crippen molar-refractivity contribution < 1.29 is 4.92 Å². The van der Waals surface area contributed by atoms with E-state index >= 15 is 0 Å². The van der Waals surface area contributed by atoms with E-state index in [2.05, 4.69) is 14.9 Å². The van der Waals surface area contributed by atoms with Crippen LogP contribution in [0.15, 0.2) is 16.9 Å². The van der Waals surface area contributed by atoms with Gasteiger partial charge in [-0.15, -0.1) is 0 Å². The molecular formula is C15H18N4O3S. The van der Waals surface area contributed by atoms with Crippen molar-refractivity contribution in [3.05, 3.63) is 54.6 Å². The minimum atomic E-state index is -0.373. The molecule has 2 aromatic rings. The summed E-state index contributed by atoms with van der Waals surface area (Å²) in [5.74, 6) is 0.925. The Kier molecular flexibility index (Phi) is 4.27. The number of aromatic nitrogens is 2. The number of thiophene rings is 1. The number of hydrogen-bond donors (Lipinski definition) is 1. The van der Waals surface area contributed by atoms with E-state index in [9.17, 15) is 14.9 Å². The Labute approximate surface area is 137 Å². The quantitative estimate of drug-likeness (QED) is 0.685. The molecule has 0 aliphatic carbocycles. The Morgan fingerprint density at radius 1 is 1.48 bits per heavy atom. The van der Waals surface area contributed by atoms with Crippen LogP contribution in [0.1, 0.15) is 41.7 Å². The highest BCUT2D eigenvalue weighted by Crippen LogP contribution is 2.26. The Balaban J connectivity index is 1.77. The van der Waals surface area contributed by atoms with Crippen molar-refractivity contribution in [1.82, 2.24) is 14.9 Å². The smallest absolute Gasteiger partial charge is 0.310 e. The zero-order chi connectivity index (χ0) is 16.6. The lowest BCUT2D eigenvalue weighted by atomic mass is 10.1. The molecule has 1 N–H and O–H groups in total. The molecule has 0 saturated carbocycles. The van der Waals surface area contributed by atoms with Crippen LogP contribution < -0.4 is 5.56 Å². The van der Waals surface area contributed by atoms with Gasteiger partial charge in [0.2, 0.25) is 0 Å². The Hall–Kier alpha value is -2.06. The summed E-state index contributed by atoms with van der Waals surface area (Å²) in [6.07, 6.45) is 0.729. The molecule has 0 amide bonds. The lowest BCUT2D eigenvalue weighted by molar-refractivity contribution is -0.380. The van der Waals surface area contributed by atoms with Crippen molar-refractivity contribution in [1.29, 1.82) is 0 Å². The SMILES string of the molecule is CC(C)c1nc2c(c(=O)[nH]1)CN(Cc1ccc([N+](=O)[O-])s1)CC2. The van der Waals surface area contributed by atoms with Crippen molar-refractivity contribution >= 4 is 16.3 Å². The maximum Gasteiger partial charge on any atom is 0.324 e. The van der Waals surface area contributed by atoms with Gasteiger partial charge in [0.05, 0.1) is 16.2 Å². The molecule has 23 heavy (non-hydrogen) atoms. The molecule has 0 unspecified atom stereocenters. The topological polar surface area (TPSA) is 92.1 Å². The summed E-state index contributed by atoms with van der Waals surface area (Å²) in [5, 5.41) is 10.9. The van der Waals surface area contributed by atoms with Crippen molar-refractivity contribution in [2.75, 3.05) is 6.54 Å². The molecule has 1 aliphatic rings. The molecule has 2 aromatic heterocycles. The third kappa shape index (κ3) is 3.32. The molecule has 0 aromatic carbocycles. The van der Waals surface area contributed by atoms with E-state index in [0.717, 1.165) is 29.4 Å². The van der Waals surface area contributed by atoms with Gasteiger partial charge in [0.15, 0.2) is 0 Å². The van der Waals surface area contributed by atoms with E-state index < -0.39 is 0 Å². The molecule has 0 atom stereocenters. The molecule has 0 radical (unpaired) electrons. The first kappa shape index (κ1) is 15.8. The van der Waals surface area contributed by atoms with E-state index in [1.807, 2.05) is 13.8 Å². The second kappa shape index (κ2) is 6.21. The van der Waals surface area contributed by atoms with Crippen molar-refractivity contribution in [2.45, 2.75) is 39.3 Å². The number of nitro groups is 1. The molecular weight excluding hydrogens is 316 g/mol. The molecule has 0 bridgehead atoms. The predicted molar refractivity (Wildman–Crippen MR) is 87.7 cm³/mol. The molecule has 0 spiro atoms. The van der Waals surface area contributed by atoms with Gasteiger partial charge in [0.25, 0.3) is 5.56 Å². The number of aromatic amines is 1. The zero-order valence-electron chi connectivity index (χ0n) is 13.0. The van der Waals surface area contributed by atoms with Gasteiger partial charge in [-0.3, -0.25) is 19.8 Å². The molecule has 122 valence electrons. The fourth-order valence-corrected chi connectivity index (χ4v) is 3.54. The highest BCUT2D eigenvalue weighted by atomic mass is 32.1. The van der Waals surface area contributed by atoms with Crippen LogP contribution in [0.2, 0.25) is 0 Å². The van der Waals surface area contributed by atoms with Crippen LogP contribution in [-0.2, 0) is 19.5 Å². The molecule has 7 nitrogen and oxygen atoms in total. The average molecular weight is 334 g/mol. The van der Waals surface area contributed by atoms with Gasteiger partial charge in [0, 0.05) is 42.9 Å². The van der Waals surface area contributed by atoms with Crippen molar-refractivity contribution in [3.8, 4) is 0 Å². The number of rotatable bonds is 4. The first-order chi connectivity index (χ1) is 10.9. The first-order valence-electron chi connectivity index (χ1n) is 7.51. The van der Waals surface area contributed by atoms with Gasteiger partial charge in [-0.2, -0.15) is 0 Å². The maximum absolute atomic E-state index is 12.3. The molecule has 3 rings (SSSR count). The van der Waals surface area contributed by atoms with Gasteiger partial charge < -0.3 is 4.98 Å². The number of nitrogens with zero attached hydrogens (tertiary/aromatic N) is 3. The van der Waals surface area contributed by atoms with Gasteiger partial charge in [-0.1, -0.05) is 25.2 Å². The zero-order valence-corrected chi connectivity index (χ0v) is 13.9. The third-order valence-electron chi connectivity index (χ3n) is 3.92. The van der Waals surface area contributed by atoms with Gasteiger partial charge in [0.1, 0.15) is 5.82 Å². The van der Waals surface area contributed by atoms with Crippen LogP contribution in [0.4, 0.5) is 5.00 Å². The number of H-pyrrole nitrogens is 1. The lowest BCUT2D eigenvalue weighted by Crippen LogP contribution is -2.35. The lowest BCUT2D eigenvalue weighted by Gasteiger charge is -2.27. The number of hydrogen-bond acceptors (Lipinski definition) is 6. The van der Waals surface area contributed by atoms with Gasteiger partial charge in [-0.25, -0.2) is 4.98 Å². The number of nitrogens with one attached hydrogen (secondary N) is 1. The Morgan fingerprint density at radius 2 is 2.26 bits per heavy atom. The standard InChI is InChI=1S/C15H18N4O3S/c1-9(2)14-16-12-5-6-18(8-11(12)15(20)17-14)7-10-3-4-13(23-10)19(21)22/h3-4,9H,5-8H2,1-2H3,(H,16,17,20). The second-order valence-electron chi connectivity index (χ2n) is 5.99. The van der Waals surface area contributed by atoms with Crippen LogP contribution in [0, 0.1) is 10.1 Å². The molecule has 0 fully saturated rings. The van der Waals surface area contributed by atoms with Crippen LogP contribution in [0.25, 0.3) is 0 Å². The summed E-state index contributed by atoms with van der Waals surface area (Å²) in [6.45, 7) is 5.95. The Bertz CT molecular complexity index is 796. The monoisotopic (exact) mass is 334 g/mol. The molecule has 8 heteroatoms. The van der Waals surface area contributed by atoms with E-state index in [1.54, 1.807) is 6.07 Å². The molecule has 0 saturated heterocycles. The third-order valence-corrected chi connectivity index (χ3v) is 4.94.